The summed E-state index contributed by atoms with van der Waals surface area (Å²) in [5.74, 6) is 0.949. The van der Waals surface area contributed by atoms with Gasteiger partial charge < -0.3 is 9.64 Å². The van der Waals surface area contributed by atoms with Gasteiger partial charge in [0, 0.05) is 12.6 Å². The van der Waals surface area contributed by atoms with Gasteiger partial charge in [0.05, 0.1) is 0 Å². The van der Waals surface area contributed by atoms with Gasteiger partial charge >= 0.3 is 0 Å². The van der Waals surface area contributed by atoms with E-state index in [1.54, 1.807) is 0 Å². The number of hydrogen-bond acceptors (Lipinski definition) is 2. The lowest BCUT2D eigenvalue weighted by Gasteiger charge is -2.20. The number of para-hydroxylation sites is 1. The summed E-state index contributed by atoms with van der Waals surface area (Å²) in [6.07, 6.45) is 0. The van der Waals surface area contributed by atoms with Gasteiger partial charge in [-0.2, -0.15) is 0 Å². The topological polar surface area (TPSA) is 12.5 Å². The molecule has 0 aliphatic carbocycles. The van der Waals surface area contributed by atoms with E-state index in [0.717, 1.165) is 18.9 Å². The molecule has 0 amide bonds. The van der Waals surface area contributed by atoms with Gasteiger partial charge in [-0.05, 0) is 33.0 Å². The number of rotatable bonds is 5. The maximum atomic E-state index is 5.59. The molecular formula is C16H31NO. The summed E-state index contributed by atoms with van der Waals surface area (Å²) < 4.78 is 5.59. The van der Waals surface area contributed by atoms with Crippen molar-refractivity contribution in [3.05, 3.63) is 30.3 Å². The first-order valence-corrected chi connectivity index (χ1v) is 7.08. The van der Waals surface area contributed by atoms with Gasteiger partial charge in [-0.3, -0.25) is 0 Å². The summed E-state index contributed by atoms with van der Waals surface area (Å²) in [6.45, 7) is 14.1. The molecular weight excluding hydrogens is 222 g/mol. The average Bonchev–Trinajstić information content (AvgIpc) is 2.44. The summed E-state index contributed by atoms with van der Waals surface area (Å²) >= 11 is 0. The van der Waals surface area contributed by atoms with Gasteiger partial charge in [0.2, 0.25) is 0 Å². The summed E-state index contributed by atoms with van der Waals surface area (Å²) in [6, 6.07) is 10.5. The van der Waals surface area contributed by atoms with E-state index in [9.17, 15) is 0 Å². The molecule has 0 heterocycles. The minimum atomic E-state index is 0.578. The second kappa shape index (κ2) is 14.0. The molecule has 0 fully saturated rings. The molecule has 0 N–H and O–H groups in total. The molecule has 0 aliphatic heterocycles. The van der Waals surface area contributed by atoms with Crippen LogP contribution in [-0.4, -0.2) is 31.1 Å². The Bertz CT molecular complexity index is 247. The summed E-state index contributed by atoms with van der Waals surface area (Å²) in [7, 11) is 2.11. The zero-order chi connectivity index (χ0) is 14.4. The van der Waals surface area contributed by atoms with Crippen LogP contribution in [0.1, 0.15) is 41.5 Å². The molecule has 0 atom stereocenters. The van der Waals surface area contributed by atoms with Gasteiger partial charge in [-0.25, -0.2) is 0 Å². The van der Waals surface area contributed by atoms with E-state index in [0.29, 0.717) is 6.04 Å². The van der Waals surface area contributed by atoms with Crippen molar-refractivity contribution in [2.45, 2.75) is 47.6 Å². The van der Waals surface area contributed by atoms with Crippen molar-refractivity contribution in [3.63, 3.8) is 0 Å². The highest BCUT2D eigenvalue weighted by Crippen LogP contribution is 2.07. The normalized spacial score (nSPS) is 9.17. The summed E-state index contributed by atoms with van der Waals surface area (Å²) in [4.78, 5) is 2.27. The second-order valence-corrected chi connectivity index (χ2v) is 3.74. The second-order valence-electron chi connectivity index (χ2n) is 3.74. The maximum Gasteiger partial charge on any atom is 0.119 e. The molecule has 2 heteroatoms. The third kappa shape index (κ3) is 10.2. The Morgan fingerprint density at radius 2 is 1.50 bits per heavy atom. The Hall–Kier alpha value is -1.02. The van der Waals surface area contributed by atoms with E-state index in [1.807, 2.05) is 58.0 Å². The fourth-order valence-corrected chi connectivity index (χ4v) is 1.08. The first kappa shape index (κ1) is 19.3. The fourth-order valence-electron chi connectivity index (χ4n) is 1.08. The molecule has 2 nitrogen and oxygen atoms in total. The molecule has 0 aromatic heterocycles. The molecule has 0 radical (unpaired) electrons. The molecule has 0 aliphatic rings. The van der Waals surface area contributed by atoms with Crippen LogP contribution in [0.5, 0.6) is 5.75 Å². The van der Waals surface area contributed by atoms with E-state index in [4.69, 9.17) is 4.74 Å². The minimum absolute atomic E-state index is 0.578. The van der Waals surface area contributed by atoms with Crippen LogP contribution in [0, 0.1) is 0 Å². The van der Waals surface area contributed by atoms with Crippen LogP contribution in [-0.2, 0) is 0 Å². The lowest BCUT2D eigenvalue weighted by molar-refractivity contribution is 0.208. The molecule has 0 bridgehead atoms. The van der Waals surface area contributed by atoms with Crippen molar-refractivity contribution in [1.29, 1.82) is 0 Å². The highest BCUT2D eigenvalue weighted by atomic mass is 16.5. The highest BCUT2D eigenvalue weighted by Gasteiger charge is 2.02. The molecule has 1 aromatic rings. The van der Waals surface area contributed by atoms with E-state index < -0.39 is 0 Å². The largest absolute Gasteiger partial charge is 0.492 e. The SMILES string of the molecule is CC.CC.CC(C)N(C)CCOc1ccccc1. The van der Waals surface area contributed by atoms with Gasteiger partial charge in [-0.15, -0.1) is 0 Å². The Kier molecular flexibility index (Phi) is 15.1. The average molecular weight is 253 g/mol. The van der Waals surface area contributed by atoms with Crippen molar-refractivity contribution in [3.8, 4) is 5.75 Å². The number of nitrogens with zero attached hydrogens (tertiary/aromatic N) is 1. The summed E-state index contributed by atoms with van der Waals surface area (Å²) in [5.41, 5.74) is 0. The van der Waals surface area contributed by atoms with Crippen molar-refractivity contribution >= 4 is 0 Å². The molecule has 0 spiro atoms. The van der Waals surface area contributed by atoms with Crippen LogP contribution < -0.4 is 4.74 Å². The first-order chi connectivity index (χ1) is 8.70. The lowest BCUT2D eigenvalue weighted by Crippen LogP contribution is -2.30. The molecule has 0 unspecified atom stereocenters. The van der Waals surface area contributed by atoms with Crippen LogP contribution in [0.3, 0.4) is 0 Å². The summed E-state index contributed by atoms with van der Waals surface area (Å²) in [5, 5.41) is 0. The van der Waals surface area contributed by atoms with Gasteiger partial charge in [0.1, 0.15) is 12.4 Å². The van der Waals surface area contributed by atoms with Crippen molar-refractivity contribution in [1.82, 2.24) is 4.90 Å². The minimum Gasteiger partial charge on any atom is -0.492 e. The van der Waals surface area contributed by atoms with Crippen LogP contribution in [0.4, 0.5) is 0 Å². The highest BCUT2D eigenvalue weighted by molar-refractivity contribution is 5.20. The zero-order valence-corrected chi connectivity index (χ0v) is 13.2. The van der Waals surface area contributed by atoms with Crippen LogP contribution in [0.2, 0.25) is 0 Å². The third-order valence-corrected chi connectivity index (χ3v) is 2.34. The van der Waals surface area contributed by atoms with E-state index in [-0.39, 0.29) is 0 Å². The fraction of sp³-hybridized carbons (Fsp3) is 0.625. The molecule has 0 saturated carbocycles. The van der Waals surface area contributed by atoms with Gasteiger partial charge in [0.25, 0.3) is 0 Å². The predicted octanol–water partition coefficient (Wildman–Crippen LogP) is 4.46. The number of benzene rings is 1. The first-order valence-electron chi connectivity index (χ1n) is 7.08. The number of ether oxygens (including phenoxy) is 1. The standard InChI is InChI=1S/C12H19NO.2C2H6/c1-11(2)13(3)9-10-14-12-7-5-4-6-8-12;2*1-2/h4-8,11H,9-10H2,1-3H3;2*1-2H3. The van der Waals surface area contributed by atoms with Gasteiger partial charge in [-0.1, -0.05) is 45.9 Å². The van der Waals surface area contributed by atoms with Gasteiger partial charge in [0.15, 0.2) is 0 Å². The van der Waals surface area contributed by atoms with E-state index in [1.165, 1.54) is 0 Å². The number of likely N-dealkylation sites (N-methyl/N-ethyl adjacent to an activating group) is 1. The molecule has 1 rings (SSSR count). The molecule has 18 heavy (non-hydrogen) atoms. The Labute approximate surface area is 114 Å². The van der Waals surface area contributed by atoms with Crippen LogP contribution in [0.25, 0.3) is 0 Å². The van der Waals surface area contributed by atoms with Crippen molar-refractivity contribution in [2.75, 3.05) is 20.2 Å². The van der Waals surface area contributed by atoms with E-state index in [2.05, 4.69) is 25.8 Å². The Morgan fingerprint density at radius 3 is 1.94 bits per heavy atom. The van der Waals surface area contributed by atoms with E-state index >= 15 is 0 Å². The third-order valence-electron chi connectivity index (χ3n) is 2.34. The molecule has 106 valence electrons. The lowest BCUT2D eigenvalue weighted by atomic mass is 10.3. The monoisotopic (exact) mass is 253 g/mol. The Morgan fingerprint density at radius 1 is 1.00 bits per heavy atom. The molecule has 0 saturated heterocycles. The Balaban J connectivity index is 0. The van der Waals surface area contributed by atoms with Crippen molar-refractivity contribution < 1.29 is 4.74 Å². The molecule has 1 aromatic carbocycles. The smallest absolute Gasteiger partial charge is 0.119 e. The van der Waals surface area contributed by atoms with Crippen molar-refractivity contribution in [2.24, 2.45) is 0 Å². The van der Waals surface area contributed by atoms with Crippen LogP contribution in [0.15, 0.2) is 30.3 Å². The zero-order valence-electron chi connectivity index (χ0n) is 13.2. The maximum absolute atomic E-state index is 5.59. The number of hydrogen-bond donors (Lipinski definition) is 0. The predicted molar refractivity (Wildman–Crippen MR) is 82.4 cm³/mol. The quantitative estimate of drug-likeness (QED) is 0.768. The van der Waals surface area contributed by atoms with Crippen LogP contribution >= 0.6 is 0 Å².